The van der Waals surface area contributed by atoms with Gasteiger partial charge in [0.15, 0.2) is 0 Å². The van der Waals surface area contributed by atoms with Gasteiger partial charge in [-0.25, -0.2) is 0 Å². The number of carbonyl (C=O) groups is 2. The number of hydrogen-bond donors (Lipinski definition) is 1. The standard InChI is InChI=1S/C23H23N3O3/c1-15-3-5-20(9-16(15)2)26-13-19(10-22(26)27)23(28)25-12-17-4-6-21(24-11-17)18-7-8-29-14-18/h3-9,11,14,19H,10,12-13H2,1-2H3,(H,25,28). The van der Waals surface area contributed by atoms with E-state index in [9.17, 15) is 9.59 Å². The molecule has 1 aromatic carbocycles. The molecule has 1 fully saturated rings. The second-order valence-corrected chi connectivity index (χ2v) is 7.46. The summed E-state index contributed by atoms with van der Waals surface area (Å²) in [5.41, 5.74) is 5.81. The van der Waals surface area contributed by atoms with E-state index in [2.05, 4.69) is 10.3 Å². The van der Waals surface area contributed by atoms with Crippen molar-refractivity contribution in [1.82, 2.24) is 10.3 Å². The molecular formula is C23H23N3O3. The Kier molecular flexibility index (Phi) is 5.16. The van der Waals surface area contributed by atoms with Crippen LogP contribution in [0.2, 0.25) is 0 Å². The van der Waals surface area contributed by atoms with E-state index in [1.54, 1.807) is 23.6 Å². The third-order valence-corrected chi connectivity index (χ3v) is 5.41. The minimum atomic E-state index is -0.345. The van der Waals surface area contributed by atoms with Crippen LogP contribution in [0.4, 0.5) is 5.69 Å². The molecule has 1 unspecified atom stereocenters. The fourth-order valence-corrected chi connectivity index (χ4v) is 3.47. The van der Waals surface area contributed by atoms with Crippen molar-refractivity contribution in [1.29, 1.82) is 0 Å². The molecule has 29 heavy (non-hydrogen) atoms. The van der Waals surface area contributed by atoms with Crippen molar-refractivity contribution in [3.05, 3.63) is 71.8 Å². The average molecular weight is 389 g/mol. The SMILES string of the molecule is Cc1ccc(N2CC(C(=O)NCc3ccc(-c4ccoc4)nc3)CC2=O)cc1C. The van der Waals surface area contributed by atoms with Crippen LogP contribution < -0.4 is 10.2 Å². The number of aryl methyl sites for hydroxylation is 2. The summed E-state index contributed by atoms with van der Waals surface area (Å²) >= 11 is 0. The fraction of sp³-hybridized carbons (Fsp3) is 0.261. The number of carbonyl (C=O) groups excluding carboxylic acids is 2. The topological polar surface area (TPSA) is 75.4 Å². The Labute approximate surface area is 169 Å². The summed E-state index contributed by atoms with van der Waals surface area (Å²) in [5, 5.41) is 2.93. The van der Waals surface area contributed by atoms with Gasteiger partial charge in [0.1, 0.15) is 0 Å². The maximum atomic E-state index is 12.6. The van der Waals surface area contributed by atoms with Gasteiger partial charge in [-0.3, -0.25) is 14.6 Å². The molecule has 1 aliphatic heterocycles. The smallest absolute Gasteiger partial charge is 0.227 e. The first kappa shape index (κ1) is 18.9. The van der Waals surface area contributed by atoms with Crippen LogP contribution in [0.25, 0.3) is 11.3 Å². The van der Waals surface area contributed by atoms with Crippen LogP contribution in [-0.4, -0.2) is 23.3 Å². The van der Waals surface area contributed by atoms with Gasteiger partial charge in [0.05, 0.1) is 24.1 Å². The summed E-state index contributed by atoms with van der Waals surface area (Å²) in [6.07, 6.45) is 5.22. The predicted molar refractivity (Wildman–Crippen MR) is 110 cm³/mol. The van der Waals surface area contributed by atoms with Gasteiger partial charge in [-0.15, -0.1) is 0 Å². The lowest BCUT2D eigenvalue weighted by atomic mass is 10.1. The van der Waals surface area contributed by atoms with Crippen LogP contribution in [0.5, 0.6) is 0 Å². The van der Waals surface area contributed by atoms with Crippen LogP contribution in [-0.2, 0) is 16.1 Å². The molecule has 1 N–H and O–H groups in total. The number of benzene rings is 1. The molecule has 6 nitrogen and oxygen atoms in total. The first-order valence-corrected chi connectivity index (χ1v) is 9.64. The van der Waals surface area contributed by atoms with E-state index in [0.29, 0.717) is 13.1 Å². The maximum absolute atomic E-state index is 12.6. The van der Waals surface area contributed by atoms with E-state index in [4.69, 9.17) is 4.42 Å². The number of rotatable bonds is 5. The molecule has 1 atom stereocenters. The summed E-state index contributed by atoms with van der Waals surface area (Å²) in [4.78, 5) is 31.1. The molecular weight excluding hydrogens is 366 g/mol. The van der Waals surface area contributed by atoms with Gasteiger partial charge in [0, 0.05) is 37.0 Å². The van der Waals surface area contributed by atoms with E-state index in [1.807, 2.05) is 50.2 Å². The molecule has 0 spiro atoms. The van der Waals surface area contributed by atoms with Gasteiger partial charge in [-0.2, -0.15) is 0 Å². The van der Waals surface area contributed by atoms with E-state index < -0.39 is 0 Å². The van der Waals surface area contributed by atoms with Crippen molar-refractivity contribution in [3.8, 4) is 11.3 Å². The third kappa shape index (κ3) is 4.06. The molecule has 0 aliphatic carbocycles. The van der Waals surface area contributed by atoms with Gasteiger partial charge >= 0.3 is 0 Å². The van der Waals surface area contributed by atoms with Gasteiger partial charge in [0.25, 0.3) is 0 Å². The van der Waals surface area contributed by atoms with Crippen molar-refractivity contribution in [2.45, 2.75) is 26.8 Å². The van der Waals surface area contributed by atoms with Crippen LogP contribution in [0.3, 0.4) is 0 Å². The minimum Gasteiger partial charge on any atom is -0.472 e. The number of pyridine rings is 1. The molecule has 0 saturated carbocycles. The molecule has 3 aromatic rings. The molecule has 0 bridgehead atoms. The number of anilines is 1. The zero-order valence-electron chi connectivity index (χ0n) is 16.5. The first-order chi connectivity index (χ1) is 14.0. The molecule has 2 aromatic heterocycles. The largest absolute Gasteiger partial charge is 0.472 e. The highest BCUT2D eigenvalue weighted by molar-refractivity contribution is 6.00. The number of aromatic nitrogens is 1. The van der Waals surface area contributed by atoms with Crippen LogP contribution in [0, 0.1) is 19.8 Å². The van der Waals surface area contributed by atoms with Gasteiger partial charge in [-0.05, 0) is 54.8 Å². The van der Waals surface area contributed by atoms with Crippen molar-refractivity contribution < 1.29 is 14.0 Å². The Hall–Kier alpha value is -3.41. The van der Waals surface area contributed by atoms with Gasteiger partial charge < -0.3 is 14.6 Å². The zero-order valence-corrected chi connectivity index (χ0v) is 16.5. The van der Waals surface area contributed by atoms with Crippen LogP contribution >= 0.6 is 0 Å². The monoisotopic (exact) mass is 389 g/mol. The summed E-state index contributed by atoms with van der Waals surface area (Å²) in [7, 11) is 0. The van der Waals surface area contributed by atoms with Crippen molar-refractivity contribution in [3.63, 3.8) is 0 Å². The summed E-state index contributed by atoms with van der Waals surface area (Å²) in [6.45, 7) is 4.85. The van der Waals surface area contributed by atoms with Crippen molar-refractivity contribution >= 4 is 17.5 Å². The van der Waals surface area contributed by atoms with E-state index in [0.717, 1.165) is 28.1 Å². The lowest BCUT2D eigenvalue weighted by Gasteiger charge is -2.18. The quantitative estimate of drug-likeness (QED) is 0.723. The number of furan rings is 1. The zero-order chi connectivity index (χ0) is 20.4. The molecule has 4 rings (SSSR count). The van der Waals surface area contributed by atoms with Gasteiger partial charge in [-0.1, -0.05) is 12.1 Å². The van der Waals surface area contributed by atoms with Crippen molar-refractivity contribution in [2.24, 2.45) is 5.92 Å². The van der Waals surface area contributed by atoms with Gasteiger partial charge in [0.2, 0.25) is 11.8 Å². The molecule has 1 saturated heterocycles. The highest BCUT2D eigenvalue weighted by Gasteiger charge is 2.35. The number of hydrogen-bond acceptors (Lipinski definition) is 4. The van der Waals surface area contributed by atoms with Crippen LogP contribution in [0.15, 0.2) is 59.5 Å². The number of amides is 2. The molecule has 6 heteroatoms. The second-order valence-electron chi connectivity index (χ2n) is 7.46. The predicted octanol–water partition coefficient (Wildman–Crippen LogP) is 3.63. The molecule has 3 heterocycles. The lowest BCUT2D eigenvalue weighted by molar-refractivity contribution is -0.126. The second kappa shape index (κ2) is 7.91. The third-order valence-electron chi connectivity index (χ3n) is 5.41. The molecule has 0 radical (unpaired) electrons. The fourth-order valence-electron chi connectivity index (χ4n) is 3.47. The van der Waals surface area contributed by atoms with Crippen molar-refractivity contribution in [2.75, 3.05) is 11.4 Å². The van der Waals surface area contributed by atoms with E-state index in [1.165, 1.54) is 5.56 Å². The number of nitrogens with zero attached hydrogens (tertiary/aromatic N) is 2. The Bertz CT molecular complexity index is 1030. The Morgan fingerprint density at radius 3 is 2.76 bits per heavy atom. The maximum Gasteiger partial charge on any atom is 0.227 e. The normalized spacial score (nSPS) is 16.3. The molecule has 148 valence electrons. The molecule has 1 aliphatic rings. The number of nitrogens with one attached hydrogen (secondary N) is 1. The highest BCUT2D eigenvalue weighted by Crippen LogP contribution is 2.27. The first-order valence-electron chi connectivity index (χ1n) is 9.64. The van der Waals surface area contributed by atoms with Crippen LogP contribution in [0.1, 0.15) is 23.1 Å². The van der Waals surface area contributed by atoms with E-state index >= 15 is 0 Å². The summed E-state index contributed by atoms with van der Waals surface area (Å²) in [6, 6.07) is 11.6. The summed E-state index contributed by atoms with van der Waals surface area (Å²) in [5.74, 6) is -0.467. The Balaban J connectivity index is 1.35. The summed E-state index contributed by atoms with van der Waals surface area (Å²) < 4.78 is 5.07. The Morgan fingerprint density at radius 2 is 2.07 bits per heavy atom. The Morgan fingerprint density at radius 1 is 1.21 bits per heavy atom. The van der Waals surface area contributed by atoms with E-state index in [-0.39, 0.29) is 24.2 Å². The lowest BCUT2D eigenvalue weighted by Crippen LogP contribution is -2.32. The highest BCUT2D eigenvalue weighted by atomic mass is 16.3. The minimum absolute atomic E-state index is 0.0143. The average Bonchev–Trinajstić information content (AvgIpc) is 3.39. The molecule has 2 amide bonds.